The Bertz CT molecular complexity index is 990. The zero-order valence-electron chi connectivity index (χ0n) is 16.6. The Morgan fingerprint density at radius 1 is 1.07 bits per heavy atom. The molecule has 0 fully saturated rings. The number of hydrogen-bond donors (Lipinski definition) is 2. The third-order valence-electron chi connectivity index (χ3n) is 4.32. The Balaban J connectivity index is 1.57. The molecular weight excluding hydrogens is 370 g/mol. The number of H-pyrrole nitrogens is 1. The number of carbonyl (C=O) groups is 2. The number of nitrogens with zero attached hydrogens (tertiary/aromatic N) is 1. The summed E-state index contributed by atoms with van der Waals surface area (Å²) in [5.74, 6) is 0.293. The largest absolute Gasteiger partial charge is 0.492 e. The van der Waals surface area contributed by atoms with Crippen LogP contribution in [0.1, 0.15) is 28.7 Å². The van der Waals surface area contributed by atoms with Crippen LogP contribution in [0.3, 0.4) is 0 Å². The van der Waals surface area contributed by atoms with Crippen molar-refractivity contribution in [3.63, 3.8) is 0 Å². The lowest BCUT2D eigenvalue weighted by molar-refractivity contribution is -0.119. The minimum Gasteiger partial charge on any atom is -0.492 e. The van der Waals surface area contributed by atoms with Crippen LogP contribution in [0.15, 0.2) is 48.5 Å². The predicted molar refractivity (Wildman–Crippen MR) is 110 cm³/mol. The van der Waals surface area contributed by atoms with E-state index in [0.29, 0.717) is 23.6 Å². The van der Waals surface area contributed by atoms with Crippen LogP contribution in [0.4, 0.5) is 5.69 Å². The number of aromatic nitrogens is 2. The van der Waals surface area contributed by atoms with Gasteiger partial charge in [-0.3, -0.25) is 4.79 Å². The van der Waals surface area contributed by atoms with Crippen molar-refractivity contribution < 1.29 is 19.1 Å². The lowest BCUT2D eigenvalue weighted by Gasteiger charge is -2.11. The van der Waals surface area contributed by atoms with Gasteiger partial charge in [-0.25, -0.2) is 9.78 Å². The van der Waals surface area contributed by atoms with Gasteiger partial charge in [0.05, 0.1) is 23.6 Å². The molecule has 0 aliphatic rings. The number of hydrogen-bond acceptors (Lipinski definition) is 5. The zero-order valence-corrected chi connectivity index (χ0v) is 16.6. The van der Waals surface area contributed by atoms with Crippen LogP contribution in [0.2, 0.25) is 0 Å². The summed E-state index contributed by atoms with van der Waals surface area (Å²) in [5.41, 5.74) is 3.68. The van der Waals surface area contributed by atoms with Gasteiger partial charge in [0, 0.05) is 11.3 Å². The average molecular weight is 393 g/mol. The molecule has 1 aromatic heterocycles. The Labute approximate surface area is 169 Å². The summed E-state index contributed by atoms with van der Waals surface area (Å²) in [6.45, 7) is 5.83. The van der Waals surface area contributed by atoms with E-state index in [2.05, 4.69) is 15.3 Å². The summed E-state index contributed by atoms with van der Waals surface area (Å²) < 4.78 is 10.6. The molecule has 0 radical (unpaired) electrons. The van der Waals surface area contributed by atoms with Crippen molar-refractivity contribution in [2.75, 3.05) is 18.5 Å². The van der Waals surface area contributed by atoms with Crippen molar-refractivity contribution >= 4 is 17.6 Å². The van der Waals surface area contributed by atoms with Gasteiger partial charge in [0.25, 0.3) is 5.91 Å². The zero-order chi connectivity index (χ0) is 20.8. The summed E-state index contributed by atoms with van der Waals surface area (Å²) in [6, 6.07) is 13.9. The summed E-state index contributed by atoms with van der Waals surface area (Å²) in [6.07, 6.45) is 0. The number of nitrogens with one attached hydrogen (secondary N) is 2. The van der Waals surface area contributed by atoms with Crippen LogP contribution in [0, 0.1) is 13.8 Å². The maximum absolute atomic E-state index is 12.2. The molecule has 0 bridgehead atoms. The number of carbonyl (C=O) groups excluding carboxylic acids is 2. The molecule has 0 spiro atoms. The molecule has 1 amide bonds. The number of ether oxygens (including phenoxy) is 2. The van der Waals surface area contributed by atoms with E-state index in [-0.39, 0.29) is 0 Å². The summed E-state index contributed by atoms with van der Waals surface area (Å²) in [5, 5.41) is 2.69. The smallest absolute Gasteiger partial charge is 0.338 e. The van der Waals surface area contributed by atoms with Crippen molar-refractivity contribution in [1.29, 1.82) is 0 Å². The van der Waals surface area contributed by atoms with Crippen LogP contribution in [-0.2, 0) is 9.53 Å². The van der Waals surface area contributed by atoms with Gasteiger partial charge in [0.15, 0.2) is 6.61 Å². The van der Waals surface area contributed by atoms with Gasteiger partial charge in [-0.15, -0.1) is 0 Å². The van der Waals surface area contributed by atoms with E-state index >= 15 is 0 Å². The van der Waals surface area contributed by atoms with Gasteiger partial charge in [0.2, 0.25) is 0 Å². The Kier molecular flexibility index (Phi) is 6.29. The molecule has 3 rings (SSSR count). The van der Waals surface area contributed by atoms with E-state index in [1.54, 1.807) is 42.5 Å². The highest BCUT2D eigenvalue weighted by atomic mass is 16.5. The van der Waals surface area contributed by atoms with E-state index in [9.17, 15) is 9.59 Å². The Morgan fingerprint density at radius 2 is 1.79 bits per heavy atom. The third-order valence-corrected chi connectivity index (χ3v) is 4.32. The average Bonchev–Trinajstić information content (AvgIpc) is 3.06. The van der Waals surface area contributed by atoms with E-state index in [4.69, 9.17) is 9.47 Å². The number of para-hydroxylation sites is 2. The van der Waals surface area contributed by atoms with Crippen molar-refractivity contribution in [3.8, 4) is 17.1 Å². The number of esters is 1. The molecule has 7 nitrogen and oxygen atoms in total. The highest BCUT2D eigenvalue weighted by Crippen LogP contribution is 2.23. The molecule has 3 aromatic rings. The Morgan fingerprint density at radius 3 is 2.45 bits per heavy atom. The molecule has 1 heterocycles. The first-order valence-corrected chi connectivity index (χ1v) is 9.30. The van der Waals surface area contributed by atoms with Crippen LogP contribution in [0.5, 0.6) is 5.75 Å². The van der Waals surface area contributed by atoms with E-state index in [0.717, 1.165) is 22.8 Å². The number of amides is 1. The minimum atomic E-state index is -0.573. The maximum atomic E-state index is 12.2. The van der Waals surface area contributed by atoms with E-state index in [1.807, 2.05) is 26.8 Å². The Hall–Kier alpha value is -3.61. The standard InChI is InChI=1S/C22H23N3O4/c1-4-28-19-8-6-5-7-18(19)25-20(26)13-29-22(27)17-11-9-16(10-12-17)21-23-14(2)15(3)24-21/h5-12H,4,13H2,1-3H3,(H,23,24)(H,25,26). The fourth-order valence-electron chi connectivity index (χ4n) is 2.70. The number of rotatable bonds is 7. The topological polar surface area (TPSA) is 93.3 Å². The number of aryl methyl sites for hydroxylation is 2. The molecule has 0 aliphatic carbocycles. The maximum Gasteiger partial charge on any atom is 0.338 e. The molecule has 0 aliphatic heterocycles. The minimum absolute atomic E-state index is 0.358. The number of imidazole rings is 1. The van der Waals surface area contributed by atoms with Crippen molar-refractivity contribution in [3.05, 3.63) is 65.5 Å². The van der Waals surface area contributed by atoms with Crippen molar-refractivity contribution in [1.82, 2.24) is 9.97 Å². The van der Waals surface area contributed by atoms with Gasteiger partial charge in [0.1, 0.15) is 11.6 Å². The predicted octanol–water partition coefficient (Wildman–Crippen LogP) is 3.89. The van der Waals surface area contributed by atoms with Gasteiger partial charge in [-0.2, -0.15) is 0 Å². The van der Waals surface area contributed by atoms with E-state index in [1.165, 1.54) is 0 Å². The highest BCUT2D eigenvalue weighted by Gasteiger charge is 2.13. The van der Waals surface area contributed by atoms with E-state index < -0.39 is 18.5 Å². The quantitative estimate of drug-likeness (QED) is 0.594. The first kappa shape index (κ1) is 20.1. The van der Waals surface area contributed by atoms with Crippen LogP contribution in [0.25, 0.3) is 11.4 Å². The number of benzene rings is 2. The first-order valence-electron chi connectivity index (χ1n) is 9.30. The van der Waals surface area contributed by atoms with Crippen LogP contribution >= 0.6 is 0 Å². The molecule has 0 atom stereocenters. The summed E-state index contributed by atoms with van der Waals surface area (Å²) in [4.78, 5) is 32.0. The molecule has 0 saturated heterocycles. The van der Waals surface area contributed by atoms with Crippen LogP contribution < -0.4 is 10.1 Å². The third kappa shape index (κ3) is 5.01. The normalized spacial score (nSPS) is 10.4. The van der Waals surface area contributed by atoms with Gasteiger partial charge in [-0.05, 0) is 45.0 Å². The molecular formula is C22H23N3O4. The molecule has 2 N–H and O–H groups in total. The molecule has 29 heavy (non-hydrogen) atoms. The van der Waals surface area contributed by atoms with Gasteiger partial charge >= 0.3 is 5.97 Å². The second kappa shape index (κ2) is 9.05. The molecule has 0 saturated carbocycles. The second-order valence-electron chi connectivity index (χ2n) is 6.43. The molecule has 150 valence electrons. The fraction of sp³-hybridized carbons (Fsp3) is 0.227. The lowest BCUT2D eigenvalue weighted by atomic mass is 10.1. The SMILES string of the molecule is CCOc1ccccc1NC(=O)COC(=O)c1ccc(-c2nc(C)c(C)[nH]2)cc1. The highest BCUT2D eigenvalue weighted by molar-refractivity contribution is 5.96. The molecule has 2 aromatic carbocycles. The molecule has 7 heteroatoms. The first-order chi connectivity index (χ1) is 14.0. The number of anilines is 1. The second-order valence-corrected chi connectivity index (χ2v) is 6.43. The lowest BCUT2D eigenvalue weighted by Crippen LogP contribution is -2.21. The monoisotopic (exact) mass is 393 g/mol. The van der Waals surface area contributed by atoms with Crippen molar-refractivity contribution in [2.45, 2.75) is 20.8 Å². The molecule has 0 unspecified atom stereocenters. The fourth-order valence-corrected chi connectivity index (χ4v) is 2.70. The number of aromatic amines is 1. The van der Waals surface area contributed by atoms with Crippen molar-refractivity contribution in [2.24, 2.45) is 0 Å². The van der Waals surface area contributed by atoms with Gasteiger partial charge < -0.3 is 19.8 Å². The van der Waals surface area contributed by atoms with Gasteiger partial charge in [-0.1, -0.05) is 24.3 Å². The van der Waals surface area contributed by atoms with Crippen LogP contribution in [-0.4, -0.2) is 35.1 Å². The summed E-state index contributed by atoms with van der Waals surface area (Å²) >= 11 is 0. The summed E-state index contributed by atoms with van der Waals surface area (Å²) in [7, 11) is 0.